The Bertz CT molecular complexity index is 1320. The number of aliphatic imine (C=N–C) groups is 2. The van der Waals surface area contributed by atoms with Crippen LogP contribution in [0.15, 0.2) is 51.9 Å². The number of rotatable bonds is 2. The molecule has 2 aromatic rings. The molecule has 0 spiro atoms. The highest BCUT2D eigenvalue weighted by Gasteiger charge is 2.48. The van der Waals surface area contributed by atoms with Gasteiger partial charge in [0.15, 0.2) is 6.20 Å². The summed E-state index contributed by atoms with van der Waals surface area (Å²) in [7, 11) is 0. The van der Waals surface area contributed by atoms with Crippen LogP contribution in [0.2, 0.25) is 0 Å². The van der Waals surface area contributed by atoms with Crippen LogP contribution in [0.5, 0.6) is 0 Å². The zero-order valence-corrected chi connectivity index (χ0v) is 18.3. The molecule has 0 radical (unpaired) electrons. The van der Waals surface area contributed by atoms with Crippen molar-refractivity contribution in [1.29, 1.82) is 0 Å². The fraction of sp³-hybridized carbons (Fsp3) is 0.273. The number of amidine groups is 1. The van der Waals surface area contributed by atoms with E-state index >= 15 is 0 Å². The summed E-state index contributed by atoms with van der Waals surface area (Å²) in [6, 6.07) is 5.81. The third-order valence-corrected chi connectivity index (χ3v) is 6.48. The van der Waals surface area contributed by atoms with Crippen molar-refractivity contribution < 1.29 is 9.50 Å². The largest absolute Gasteiger partial charge is 0.368 e. The number of quaternary nitrogens is 1. The van der Waals surface area contributed by atoms with Crippen molar-refractivity contribution in [2.24, 2.45) is 15.1 Å². The highest BCUT2D eigenvalue weighted by molar-refractivity contribution is 6.30. The first-order valence-corrected chi connectivity index (χ1v) is 10.7. The summed E-state index contributed by atoms with van der Waals surface area (Å²) in [6.07, 6.45) is 7.87. The maximum atomic E-state index is 12.3. The third-order valence-electron chi connectivity index (χ3n) is 6.48. The average Bonchev–Trinajstić information content (AvgIpc) is 3.27. The zero-order valence-electron chi connectivity index (χ0n) is 18.3. The number of nitrogens with zero attached hydrogens (tertiary/aromatic N) is 7. The Balaban J connectivity index is 1.30. The monoisotopic (exact) mass is 443 g/mol. The Hall–Kier alpha value is -3.96. The Kier molecular flexibility index (Phi) is 4.04. The lowest BCUT2D eigenvalue weighted by Crippen LogP contribution is -2.57. The quantitative estimate of drug-likeness (QED) is 0.606. The van der Waals surface area contributed by atoms with Gasteiger partial charge in [-0.3, -0.25) is 9.79 Å². The average molecular weight is 443 g/mol. The maximum Gasteiger partial charge on any atom is 0.301 e. The third kappa shape index (κ3) is 2.97. The molecule has 0 saturated carbocycles. The fourth-order valence-electron chi connectivity index (χ4n) is 4.60. The van der Waals surface area contributed by atoms with E-state index in [2.05, 4.69) is 30.6 Å². The van der Waals surface area contributed by atoms with Gasteiger partial charge in [-0.1, -0.05) is 6.07 Å². The highest BCUT2D eigenvalue weighted by Crippen LogP contribution is 2.39. The number of carbonyl (C=O) groups excluding carboxylic acids is 1. The molecule has 1 aromatic carbocycles. The molecular weight excluding hydrogens is 420 g/mol. The van der Waals surface area contributed by atoms with Gasteiger partial charge < -0.3 is 16.4 Å². The SMILES string of the molecule is CC1(C)C(=O)Nc2cc(NC3=N[N+]4(N5CCc6nc(N)ncc6C5)C=CN=CC4=N3)ccc21. The molecule has 4 aliphatic rings. The molecule has 0 fully saturated rings. The number of nitrogens with two attached hydrogens (primary N) is 1. The van der Waals surface area contributed by atoms with Crippen molar-refractivity contribution in [2.45, 2.75) is 32.2 Å². The second-order valence-corrected chi connectivity index (χ2v) is 8.92. The standard InChI is InChI=1S/C22H22N10O/c1-22(2)15-4-3-14(9-17(15)27-19(22)33)26-21-29-18-11-24-6-8-32(18,30-21)31-7-5-16-13(12-31)10-25-20(23)28-16/h3-4,6,8-11H,5,7,12H2,1-2H3,(H3-,23,25,26,27,28,30,33)/p+1. The van der Waals surface area contributed by atoms with Crippen molar-refractivity contribution in [2.75, 3.05) is 22.9 Å². The van der Waals surface area contributed by atoms with E-state index < -0.39 is 5.41 Å². The maximum absolute atomic E-state index is 12.3. The van der Waals surface area contributed by atoms with Gasteiger partial charge in [0.25, 0.3) is 5.96 Å². The molecule has 1 aromatic heterocycles. The van der Waals surface area contributed by atoms with Crippen LogP contribution >= 0.6 is 0 Å². The zero-order chi connectivity index (χ0) is 22.8. The van der Waals surface area contributed by atoms with Gasteiger partial charge >= 0.3 is 5.84 Å². The van der Waals surface area contributed by atoms with Gasteiger partial charge in [0.05, 0.1) is 30.4 Å². The summed E-state index contributed by atoms with van der Waals surface area (Å²) in [5.41, 5.74) is 9.76. The van der Waals surface area contributed by atoms with Gasteiger partial charge in [-0.15, -0.1) is 10.0 Å². The van der Waals surface area contributed by atoms with Gasteiger partial charge in [0.1, 0.15) is 6.21 Å². The van der Waals surface area contributed by atoms with Gasteiger partial charge in [0, 0.05) is 29.6 Å². The number of anilines is 3. The Labute approximate surface area is 190 Å². The van der Waals surface area contributed by atoms with Gasteiger partial charge in [-0.25, -0.2) is 9.97 Å². The molecule has 1 amide bonds. The molecule has 0 saturated heterocycles. The fourth-order valence-corrected chi connectivity index (χ4v) is 4.60. The number of aromatic nitrogens is 2. The van der Waals surface area contributed by atoms with E-state index in [1.807, 2.05) is 38.2 Å². The summed E-state index contributed by atoms with van der Waals surface area (Å²) < 4.78 is 0.0877. The summed E-state index contributed by atoms with van der Waals surface area (Å²) in [5.74, 6) is 1.44. The smallest absolute Gasteiger partial charge is 0.301 e. The predicted molar refractivity (Wildman–Crippen MR) is 125 cm³/mol. The number of fused-ring (bicyclic) bond motifs is 3. The topological polar surface area (TPSA) is 133 Å². The van der Waals surface area contributed by atoms with E-state index in [9.17, 15) is 4.79 Å². The summed E-state index contributed by atoms with van der Waals surface area (Å²) in [5, 5.41) is 13.4. The van der Waals surface area contributed by atoms with E-state index in [1.54, 1.807) is 18.6 Å². The summed E-state index contributed by atoms with van der Waals surface area (Å²) in [6.45, 7) is 5.16. The molecule has 4 aliphatic heterocycles. The number of nitrogen functional groups attached to an aromatic ring is 1. The minimum absolute atomic E-state index is 0.00722. The number of hydrogen-bond acceptors (Lipinski definition) is 9. The van der Waals surface area contributed by atoms with Crippen LogP contribution in [-0.4, -0.2) is 50.1 Å². The van der Waals surface area contributed by atoms with Crippen molar-refractivity contribution in [3.05, 3.63) is 53.6 Å². The lowest BCUT2D eigenvalue weighted by atomic mass is 9.86. The number of guanidine groups is 1. The minimum atomic E-state index is -0.547. The molecule has 1 unspecified atom stereocenters. The summed E-state index contributed by atoms with van der Waals surface area (Å²) >= 11 is 0. The van der Waals surface area contributed by atoms with Crippen LogP contribution < -0.4 is 16.4 Å². The van der Waals surface area contributed by atoms with Crippen LogP contribution in [0, 0.1) is 0 Å². The second kappa shape index (κ2) is 6.77. The first-order chi connectivity index (χ1) is 15.8. The first kappa shape index (κ1) is 19.7. The summed E-state index contributed by atoms with van der Waals surface area (Å²) in [4.78, 5) is 29.8. The Morgan fingerprint density at radius 2 is 2.18 bits per heavy atom. The molecule has 33 heavy (non-hydrogen) atoms. The second-order valence-electron chi connectivity index (χ2n) is 8.92. The molecule has 0 aliphatic carbocycles. The highest BCUT2D eigenvalue weighted by atomic mass is 16.2. The number of hydrogen-bond donors (Lipinski definition) is 3. The lowest BCUT2D eigenvalue weighted by molar-refractivity contribution is -0.920. The minimum Gasteiger partial charge on any atom is -0.368 e. The molecule has 1 atom stereocenters. The number of nitrogens with one attached hydrogen (secondary N) is 2. The van der Waals surface area contributed by atoms with E-state index in [0.717, 1.165) is 41.2 Å². The van der Waals surface area contributed by atoms with E-state index in [0.29, 0.717) is 24.3 Å². The van der Waals surface area contributed by atoms with Gasteiger partial charge in [-0.05, 0) is 41.3 Å². The van der Waals surface area contributed by atoms with Crippen LogP contribution in [0.4, 0.5) is 17.3 Å². The van der Waals surface area contributed by atoms with E-state index in [-0.39, 0.29) is 10.6 Å². The molecule has 5 heterocycles. The Morgan fingerprint density at radius 1 is 1.30 bits per heavy atom. The van der Waals surface area contributed by atoms with Crippen molar-refractivity contribution in [3.63, 3.8) is 0 Å². The van der Waals surface area contributed by atoms with Crippen LogP contribution in [-0.2, 0) is 23.2 Å². The molecule has 0 bridgehead atoms. The number of benzene rings is 1. The molecule has 11 nitrogen and oxygen atoms in total. The molecule has 4 N–H and O–H groups in total. The van der Waals surface area contributed by atoms with Crippen LogP contribution in [0.25, 0.3) is 0 Å². The first-order valence-electron chi connectivity index (χ1n) is 10.7. The predicted octanol–water partition coefficient (Wildman–Crippen LogP) is 1.73. The van der Waals surface area contributed by atoms with E-state index in [1.165, 1.54) is 0 Å². The lowest BCUT2D eigenvalue weighted by Gasteiger charge is -2.37. The molecular formula is C22H23N10O+. The molecule has 6 rings (SSSR count). The van der Waals surface area contributed by atoms with Gasteiger partial charge in [0.2, 0.25) is 11.9 Å². The van der Waals surface area contributed by atoms with Gasteiger partial charge in [-0.2, -0.15) is 0 Å². The number of amides is 1. The van der Waals surface area contributed by atoms with Crippen molar-refractivity contribution in [1.82, 2.24) is 15.0 Å². The normalized spacial score (nSPS) is 24.5. The van der Waals surface area contributed by atoms with Crippen molar-refractivity contribution in [3.8, 4) is 0 Å². The van der Waals surface area contributed by atoms with Crippen molar-refractivity contribution >= 4 is 41.2 Å². The van der Waals surface area contributed by atoms with E-state index in [4.69, 9.17) is 15.8 Å². The van der Waals surface area contributed by atoms with Crippen LogP contribution in [0.3, 0.4) is 0 Å². The Morgan fingerprint density at radius 3 is 3.06 bits per heavy atom. The molecule has 166 valence electrons. The molecule has 11 heteroatoms. The number of carbonyl (C=O) groups is 1. The van der Waals surface area contributed by atoms with Crippen LogP contribution in [0.1, 0.15) is 30.7 Å².